The first-order chi connectivity index (χ1) is 11.1. The number of aromatic nitrogens is 1. The van der Waals surface area contributed by atoms with Gasteiger partial charge in [-0.25, -0.2) is 13.8 Å². The predicted molar refractivity (Wildman–Crippen MR) is 81.6 cm³/mol. The number of carbonyl (C=O) groups excluding carboxylic acids is 1. The Morgan fingerprint density at radius 1 is 1.13 bits per heavy atom. The molecule has 0 unspecified atom stereocenters. The molecule has 0 bridgehead atoms. The van der Waals surface area contributed by atoms with Crippen molar-refractivity contribution >= 4 is 17.4 Å². The minimum atomic E-state index is -0.800. The van der Waals surface area contributed by atoms with Gasteiger partial charge in [0.2, 0.25) is 0 Å². The van der Waals surface area contributed by atoms with E-state index in [0.29, 0.717) is 25.1 Å². The zero-order chi connectivity index (χ0) is 16.2. The maximum atomic E-state index is 13.1. The lowest BCUT2D eigenvalue weighted by molar-refractivity contribution is 0.102. The molecule has 23 heavy (non-hydrogen) atoms. The van der Waals surface area contributed by atoms with E-state index in [9.17, 15) is 13.6 Å². The minimum absolute atomic E-state index is 0.0958. The van der Waals surface area contributed by atoms with E-state index in [1.165, 1.54) is 0 Å². The number of hydrogen-bond acceptors (Lipinski definition) is 4. The Morgan fingerprint density at radius 3 is 2.43 bits per heavy atom. The molecule has 3 rings (SSSR count). The van der Waals surface area contributed by atoms with E-state index in [1.807, 2.05) is 6.07 Å². The monoisotopic (exact) mass is 319 g/mol. The van der Waals surface area contributed by atoms with Crippen molar-refractivity contribution in [2.24, 2.45) is 0 Å². The van der Waals surface area contributed by atoms with E-state index >= 15 is 0 Å². The number of nitrogens with one attached hydrogen (secondary N) is 1. The number of morpholine rings is 1. The highest BCUT2D eigenvalue weighted by molar-refractivity contribution is 6.03. The van der Waals surface area contributed by atoms with Crippen LogP contribution >= 0.6 is 0 Å². The van der Waals surface area contributed by atoms with Gasteiger partial charge in [0.25, 0.3) is 5.91 Å². The van der Waals surface area contributed by atoms with Crippen molar-refractivity contribution in [3.63, 3.8) is 0 Å². The van der Waals surface area contributed by atoms with Crippen molar-refractivity contribution in [1.82, 2.24) is 4.98 Å². The minimum Gasteiger partial charge on any atom is -0.378 e. The molecule has 5 nitrogen and oxygen atoms in total. The standard InChI is InChI=1S/C16H15F2N3O2/c17-12-7-11(8-13(18)9-12)16(22)20-15-2-1-14(10-19-15)21-3-5-23-6-4-21/h1-2,7-10H,3-6H2,(H,19,20,22). The van der Waals surface area contributed by atoms with Gasteiger partial charge in [0.15, 0.2) is 0 Å². The molecule has 2 heterocycles. The van der Waals surface area contributed by atoms with E-state index in [4.69, 9.17) is 4.74 Å². The number of nitrogens with zero attached hydrogens (tertiary/aromatic N) is 2. The molecule has 120 valence electrons. The van der Waals surface area contributed by atoms with Crippen LogP contribution in [0.25, 0.3) is 0 Å². The predicted octanol–water partition coefficient (Wildman–Crippen LogP) is 2.45. The topological polar surface area (TPSA) is 54.5 Å². The summed E-state index contributed by atoms with van der Waals surface area (Å²) in [7, 11) is 0. The Balaban J connectivity index is 1.68. The molecule has 1 aromatic carbocycles. The Kier molecular flexibility index (Phi) is 4.47. The van der Waals surface area contributed by atoms with Crippen molar-refractivity contribution in [2.45, 2.75) is 0 Å². The molecule has 1 aliphatic heterocycles. The molecule has 0 spiro atoms. The van der Waals surface area contributed by atoms with Crippen LogP contribution in [-0.2, 0) is 4.74 Å². The Morgan fingerprint density at radius 2 is 1.83 bits per heavy atom. The lowest BCUT2D eigenvalue weighted by Gasteiger charge is -2.28. The smallest absolute Gasteiger partial charge is 0.257 e. The van der Waals surface area contributed by atoms with Crippen LogP contribution in [0.3, 0.4) is 0 Å². The number of halogens is 2. The summed E-state index contributed by atoms with van der Waals surface area (Å²) in [4.78, 5) is 18.3. The highest BCUT2D eigenvalue weighted by Crippen LogP contribution is 2.17. The summed E-state index contributed by atoms with van der Waals surface area (Å²) in [6.07, 6.45) is 1.65. The van der Waals surface area contributed by atoms with E-state index < -0.39 is 17.5 Å². The molecule has 0 saturated carbocycles. The second kappa shape index (κ2) is 6.70. The van der Waals surface area contributed by atoms with Crippen molar-refractivity contribution in [3.05, 3.63) is 53.7 Å². The first-order valence-corrected chi connectivity index (χ1v) is 7.18. The van der Waals surface area contributed by atoms with E-state index in [-0.39, 0.29) is 5.56 Å². The van der Waals surface area contributed by atoms with Gasteiger partial charge >= 0.3 is 0 Å². The fourth-order valence-corrected chi connectivity index (χ4v) is 2.34. The number of rotatable bonds is 3. The number of pyridine rings is 1. The van der Waals surface area contributed by atoms with Gasteiger partial charge in [0, 0.05) is 24.7 Å². The Bertz CT molecular complexity index is 681. The van der Waals surface area contributed by atoms with Crippen molar-refractivity contribution in [3.8, 4) is 0 Å². The average molecular weight is 319 g/mol. The fourth-order valence-electron chi connectivity index (χ4n) is 2.34. The van der Waals surface area contributed by atoms with Gasteiger partial charge in [-0.15, -0.1) is 0 Å². The molecular formula is C16H15F2N3O2. The van der Waals surface area contributed by atoms with E-state index in [0.717, 1.165) is 30.9 Å². The zero-order valence-electron chi connectivity index (χ0n) is 12.3. The van der Waals surface area contributed by atoms with E-state index in [2.05, 4.69) is 15.2 Å². The molecule has 0 atom stereocenters. The maximum absolute atomic E-state index is 13.1. The largest absolute Gasteiger partial charge is 0.378 e. The quantitative estimate of drug-likeness (QED) is 0.944. The summed E-state index contributed by atoms with van der Waals surface area (Å²) in [5.74, 6) is -1.90. The van der Waals surface area contributed by atoms with Gasteiger partial charge in [0.05, 0.1) is 25.1 Å². The summed E-state index contributed by atoms with van der Waals surface area (Å²) < 4.78 is 31.6. The lowest BCUT2D eigenvalue weighted by Crippen LogP contribution is -2.36. The molecule has 0 radical (unpaired) electrons. The zero-order valence-corrected chi connectivity index (χ0v) is 12.3. The molecule has 1 saturated heterocycles. The van der Waals surface area contributed by atoms with Crippen LogP contribution in [-0.4, -0.2) is 37.2 Å². The molecule has 1 aromatic heterocycles. The molecule has 1 aliphatic rings. The Labute approximate surface area is 131 Å². The highest BCUT2D eigenvalue weighted by atomic mass is 19.1. The molecule has 7 heteroatoms. The van der Waals surface area contributed by atoms with Gasteiger partial charge < -0.3 is 15.0 Å². The van der Waals surface area contributed by atoms with Crippen molar-refractivity contribution in [1.29, 1.82) is 0 Å². The number of ether oxygens (including phenoxy) is 1. The van der Waals surface area contributed by atoms with Gasteiger partial charge in [-0.05, 0) is 24.3 Å². The number of hydrogen-bond donors (Lipinski definition) is 1. The van der Waals surface area contributed by atoms with E-state index in [1.54, 1.807) is 12.3 Å². The number of benzene rings is 1. The summed E-state index contributed by atoms with van der Waals surface area (Å²) in [6, 6.07) is 6.14. The summed E-state index contributed by atoms with van der Waals surface area (Å²) in [6.45, 7) is 2.92. The molecule has 0 aliphatic carbocycles. The van der Waals surface area contributed by atoms with Crippen LogP contribution in [0.2, 0.25) is 0 Å². The maximum Gasteiger partial charge on any atom is 0.257 e. The van der Waals surface area contributed by atoms with Gasteiger partial charge in [-0.1, -0.05) is 0 Å². The first kappa shape index (κ1) is 15.4. The van der Waals surface area contributed by atoms with Crippen LogP contribution in [0.15, 0.2) is 36.5 Å². The van der Waals surface area contributed by atoms with Crippen molar-refractivity contribution in [2.75, 3.05) is 36.5 Å². The molecule has 1 N–H and O–H groups in total. The SMILES string of the molecule is O=C(Nc1ccc(N2CCOCC2)cn1)c1cc(F)cc(F)c1. The van der Waals surface area contributed by atoms with Gasteiger partial charge in [-0.2, -0.15) is 0 Å². The third-order valence-corrected chi connectivity index (χ3v) is 3.49. The second-order valence-corrected chi connectivity index (χ2v) is 5.11. The summed E-state index contributed by atoms with van der Waals surface area (Å²) >= 11 is 0. The number of amides is 1. The molecule has 2 aromatic rings. The summed E-state index contributed by atoms with van der Waals surface area (Å²) in [5, 5.41) is 2.52. The number of anilines is 2. The third-order valence-electron chi connectivity index (χ3n) is 3.49. The highest BCUT2D eigenvalue weighted by Gasteiger charge is 2.13. The van der Waals surface area contributed by atoms with Crippen LogP contribution in [0.1, 0.15) is 10.4 Å². The molecular weight excluding hydrogens is 304 g/mol. The third kappa shape index (κ3) is 3.81. The normalized spacial score (nSPS) is 14.6. The lowest BCUT2D eigenvalue weighted by atomic mass is 10.2. The van der Waals surface area contributed by atoms with Crippen LogP contribution in [0.5, 0.6) is 0 Å². The van der Waals surface area contributed by atoms with Crippen LogP contribution < -0.4 is 10.2 Å². The van der Waals surface area contributed by atoms with Gasteiger partial charge in [0.1, 0.15) is 17.5 Å². The molecule has 1 fully saturated rings. The van der Waals surface area contributed by atoms with Crippen LogP contribution in [0.4, 0.5) is 20.3 Å². The first-order valence-electron chi connectivity index (χ1n) is 7.18. The second-order valence-electron chi connectivity index (χ2n) is 5.11. The average Bonchev–Trinajstić information content (AvgIpc) is 2.55. The Hall–Kier alpha value is -2.54. The molecule has 1 amide bonds. The van der Waals surface area contributed by atoms with Gasteiger partial charge in [-0.3, -0.25) is 4.79 Å². The summed E-state index contributed by atoms with van der Waals surface area (Å²) in [5.41, 5.74) is 0.838. The fraction of sp³-hybridized carbons (Fsp3) is 0.250. The van der Waals surface area contributed by atoms with Crippen molar-refractivity contribution < 1.29 is 18.3 Å². The van der Waals surface area contributed by atoms with Crippen LogP contribution in [0, 0.1) is 11.6 Å². The number of carbonyl (C=O) groups is 1.